The molecule has 0 N–H and O–H groups in total. The summed E-state index contributed by atoms with van der Waals surface area (Å²) in [7, 11) is 3.22. The molecule has 0 bridgehead atoms. The summed E-state index contributed by atoms with van der Waals surface area (Å²) in [5.41, 5.74) is 0.441. The molecule has 10 nitrogen and oxygen atoms in total. The van der Waals surface area contributed by atoms with Gasteiger partial charge in [-0.15, -0.1) is 0 Å². The Morgan fingerprint density at radius 1 is 0.667 bits per heavy atom. The smallest absolute Gasteiger partial charge is 0.462 e. The molecule has 1 aromatic carbocycles. The van der Waals surface area contributed by atoms with Crippen molar-refractivity contribution in [3.05, 3.63) is 35.4 Å². The average Bonchev–Trinajstić information content (AvgIpc) is 2.80. The van der Waals surface area contributed by atoms with Gasteiger partial charge in [-0.1, -0.05) is 6.07 Å². The van der Waals surface area contributed by atoms with Crippen LogP contribution < -0.4 is 0 Å². The van der Waals surface area contributed by atoms with Crippen molar-refractivity contribution in [2.45, 2.75) is 12.1 Å². The first-order chi connectivity index (χ1) is 14.3. The Balaban J connectivity index is 2.64. The van der Waals surface area contributed by atoms with Gasteiger partial charge in [-0.25, -0.2) is 9.59 Å². The van der Waals surface area contributed by atoms with E-state index in [0.29, 0.717) is 12.1 Å². The minimum atomic E-state index is -2.83. The van der Waals surface area contributed by atoms with Crippen molar-refractivity contribution < 1.29 is 45.6 Å². The molecule has 0 spiro atoms. The second-order valence-corrected chi connectivity index (χ2v) is 12.1. The highest BCUT2D eigenvalue weighted by Crippen LogP contribution is 2.15. The third kappa shape index (κ3) is 7.25. The van der Waals surface area contributed by atoms with Gasteiger partial charge in [0, 0.05) is 42.7 Å². The molecule has 0 aliphatic rings. The highest BCUT2D eigenvalue weighted by Gasteiger charge is 2.38. The minimum absolute atomic E-state index is 0.0486. The maximum absolute atomic E-state index is 12.3. The fraction of sp³-hybridized carbons (Fsp3) is 0.556. The molecular weight excluding hydrogens is 432 g/mol. The van der Waals surface area contributed by atoms with Crippen molar-refractivity contribution in [1.29, 1.82) is 0 Å². The van der Waals surface area contributed by atoms with Crippen LogP contribution in [0.1, 0.15) is 20.7 Å². The first-order valence-electron chi connectivity index (χ1n) is 9.10. The van der Waals surface area contributed by atoms with Gasteiger partial charge in [-0.2, -0.15) is 0 Å². The van der Waals surface area contributed by atoms with Crippen LogP contribution in [-0.4, -0.2) is 85.4 Å². The third-order valence-electron chi connectivity index (χ3n) is 4.48. The summed E-state index contributed by atoms with van der Waals surface area (Å²) in [4.78, 5) is 24.6. The molecular formula is C18H30O10Si2. The molecule has 0 saturated heterocycles. The van der Waals surface area contributed by atoms with Crippen LogP contribution >= 0.6 is 0 Å². The predicted octanol–water partition coefficient (Wildman–Crippen LogP) is 1.76. The lowest BCUT2D eigenvalue weighted by atomic mass is 10.1. The number of rotatable bonds is 14. The number of hydrogen-bond donors (Lipinski definition) is 0. The second kappa shape index (κ2) is 12.9. The average molecular weight is 463 g/mol. The van der Waals surface area contributed by atoms with Gasteiger partial charge in [0.25, 0.3) is 0 Å². The van der Waals surface area contributed by atoms with E-state index in [0.717, 1.165) is 0 Å². The molecule has 0 radical (unpaired) electrons. The fourth-order valence-electron chi connectivity index (χ4n) is 2.59. The van der Waals surface area contributed by atoms with E-state index in [9.17, 15) is 9.59 Å². The van der Waals surface area contributed by atoms with E-state index in [1.165, 1.54) is 48.7 Å². The standard InChI is InChI=1S/C18H30O10Si2/c1-21-29(22-2,23-3)12-10-27-17(19)15-8-7-9-16(14-15)18(20)28-11-13-30(24-4,25-5)26-6/h7-9,14H,10-13H2,1-6H3. The van der Waals surface area contributed by atoms with Crippen LogP contribution in [0, 0.1) is 0 Å². The maximum Gasteiger partial charge on any atom is 0.503 e. The Labute approximate surface area is 179 Å². The van der Waals surface area contributed by atoms with Gasteiger partial charge in [-0.3, -0.25) is 0 Å². The molecule has 0 saturated carbocycles. The largest absolute Gasteiger partial charge is 0.503 e. The molecule has 0 heterocycles. The highest BCUT2D eigenvalue weighted by molar-refractivity contribution is 6.61. The normalized spacial score (nSPS) is 11.9. The summed E-state index contributed by atoms with van der Waals surface area (Å²) >= 11 is 0. The Kier molecular flexibility index (Phi) is 11.4. The molecule has 1 rings (SSSR count). The SMILES string of the molecule is CO[Si](CCOC(=O)c1cccc(C(=O)OCC[Si](OC)(OC)OC)c1)(OC)OC. The quantitative estimate of drug-likeness (QED) is 0.300. The predicted molar refractivity (Wildman–Crippen MR) is 110 cm³/mol. The number of carbonyl (C=O) groups excluding carboxylic acids is 2. The van der Waals surface area contributed by atoms with Crippen LogP contribution in [0.2, 0.25) is 12.1 Å². The van der Waals surface area contributed by atoms with Crippen molar-refractivity contribution in [2.24, 2.45) is 0 Å². The molecule has 0 atom stereocenters. The second-order valence-electron chi connectivity index (χ2n) is 5.94. The van der Waals surface area contributed by atoms with Crippen LogP contribution in [0.4, 0.5) is 0 Å². The van der Waals surface area contributed by atoms with E-state index < -0.39 is 29.5 Å². The zero-order valence-electron chi connectivity index (χ0n) is 18.2. The molecule has 0 aliphatic heterocycles. The van der Waals surface area contributed by atoms with Crippen LogP contribution in [0.25, 0.3) is 0 Å². The Bertz CT molecular complexity index is 607. The van der Waals surface area contributed by atoms with Crippen LogP contribution in [0.5, 0.6) is 0 Å². The Hall–Kier alpha value is -1.65. The van der Waals surface area contributed by atoms with Gasteiger partial charge < -0.3 is 36.0 Å². The van der Waals surface area contributed by atoms with E-state index in [2.05, 4.69) is 0 Å². The molecule has 0 amide bonds. The fourth-order valence-corrected chi connectivity index (χ4v) is 5.52. The van der Waals surface area contributed by atoms with Gasteiger partial charge in [0.2, 0.25) is 0 Å². The van der Waals surface area contributed by atoms with Gasteiger partial charge in [0.15, 0.2) is 0 Å². The molecule has 0 aliphatic carbocycles. The lowest BCUT2D eigenvalue weighted by Crippen LogP contribution is -2.43. The molecule has 1 aromatic rings. The van der Waals surface area contributed by atoms with Gasteiger partial charge in [-0.05, 0) is 18.2 Å². The van der Waals surface area contributed by atoms with Crippen molar-refractivity contribution >= 4 is 29.5 Å². The van der Waals surface area contributed by atoms with E-state index >= 15 is 0 Å². The number of carbonyl (C=O) groups is 2. The summed E-state index contributed by atoms with van der Waals surface area (Å²) < 4.78 is 42.2. The highest BCUT2D eigenvalue weighted by atomic mass is 28.4. The van der Waals surface area contributed by atoms with Crippen molar-refractivity contribution in [3.63, 3.8) is 0 Å². The third-order valence-corrected chi connectivity index (χ3v) is 9.85. The van der Waals surface area contributed by atoms with Crippen LogP contribution in [0.3, 0.4) is 0 Å². The molecule has 30 heavy (non-hydrogen) atoms. The first-order valence-corrected chi connectivity index (χ1v) is 13.0. The number of ether oxygens (including phenoxy) is 2. The first kappa shape index (κ1) is 26.4. The summed E-state index contributed by atoms with van der Waals surface area (Å²) in [6.45, 7) is 0.0972. The molecule has 0 fully saturated rings. The summed E-state index contributed by atoms with van der Waals surface area (Å²) in [5, 5.41) is 0. The zero-order valence-corrected chi connectivity index (χ0v) is 20.2. The molecule has 12 heteroatoms. The minimum Gasteiger partial charge on any atom is -0.462 e. The zero-order chi connectivity index (χ0) is 22.6. The maximum atomic E-state index is 12.3. The summed E-state index contributed by atoms with van der Waals surface area (Å²) in [6.07, 6.45) is 0. The van der Waals surface area contributed by atoms with Gasteiger partial charge >= 0.3 is 29.5 Å². The number of esters is 2. The number of benzene rings is 1. The lowest BCUT2D eigenvalue weighted by Gasteiger charge is -2.24. The Morgan fingerprint density at radius 2 is 1.00 bits per heavy atom. The molecule has 170 valence electrons. The molecule has 0 unspecified atom stereocenters. The summed E-state index contributed by atoms with van der Waals surface area (Å²) in [6, 6.07) is 6.68. The summed E-state index contributed by atoms with van der Waals surface area (Å²) in [5.74, 6) is -1.17. The Morgan fingerprint density at radius 3 is 1.30 bits per heavy atom. The van der Waals surface area contributed by atoms with Crippen molar-refractivity contribution in [1.82, 2.24) is 0 Å². The van der Waals surface area contributed by atoms with E-state index in [-0.39, 0.29) is 24.3 Å². The van der Waals surface area contributed by atoms with Gasteiger partial charge in [0.1, 0.15) is 0 Å². The van der Waals surface area contributed by atoms with Gasteiger partial charge in [0.05, 0.1) is 36.4 Å². The monoisotopic (exact) mass is 462 g/mol. The van der Waals surface area contributed by atoms with E-state index in [1.54, 1.807) is 18.2 Å². The molecule has 0 aromatic heterocycles. The van der Waals surface area contributed by atoms with Crippen molar-refractivity contribution in [2.75, 3.05) is 55.9 Å². The lowest BCUT2D eigenvalue weighted by molar-refractivity contribution is 0.0489. The number of hydrogen-bond acceptors (Lipinski definition) is 10. The topological polar surface area (TPSA) is 108 Å². The van der Waals surface area contributed by atoms with Crippen LogP contribution in [-0.2, 0) is 36.0 Å². The van der Waals surface area contributed by atoms with E-state index in [4.69, 9.17) is 36.0 Å². The van der Waals surface area contributed by atoms with Crippen molar-refractivity contribution in [3.8, 4) is 0 Å². The van der Waals surface area contributed by atoms with E-state index in [1.807, 2.05) is 0 Å². The van der Waals surface area contributed by atoms with Crippen LogP contribution in [0.15, 0.2) is 24.3 Å².